The van der Waals surface area contributed by atoms with E-state index in [-0.39, 0.29) is 36.2 Å². The third-order valence-electron chi connectivity index (χ3n) is 10.1. The van der Waals surface area contributed by atoms with Crippen LogP contribution in [0.25, 0.3) is 0 Å². The number of carbonyl (C=O) groups excluding carboxylic acids is 4. The first-order chi connectivity index (χ1) is 20.1. The molecule has 234 valence electrons. The molecule has 1 saturated heterocycles. The first-order valence-electron chi connectivity index (χ1n) is 14.3. The minimum atomic E-state index is -2.22. The summed E-state index contributed by atoms with van der Waals surface area (Å²) in [6.45, 7) is 5.29. The Morgan fingerprint density at radius 1 is 1.07 bits per heavy atom. The van der Waals surface area contributed by atoms with Crippen LogP contribution in [0.5, 0.6) is 0 Å². The molecule has 0 radical (unpaired) electrons. The number of rotatable bonds is 6. The maximum absolute atomic E-state index is 14.8. The molecule has 3 aliphatic carbocycles. The number of fused-ring (bicyclic) bond motifs is 4. The number of aliphatic hydroxyl groups excluding tert-OH is 3. The van der Waals surface area contributed by atoms with Crippen molar-refractivity contribution in [3.8, 4) is 0 Å². The van der Waals surface area contributed by atoms with Crippen LogP contribution in [0.4, 0.5) is 0 Å². The predicted octanol–water partition coefficient (Wildman–Crippen LogP) is 0.625. The van der Waals surface area contributed by atoms with Crippen LogP contribution < -0.4 is 0 Å². The SMILES string of the molecule is CC(=O)O[C@H]1C(=O)[C@@]2(CO)C(C(OC(=O)c3ccccc3)[C@]3(C(C)(C)O)C[C@H](O)C(C)=C13)[C@]1(OC(C)=O)CO[C@@H]1C[C@@H]2O. The van der Waals surface area contributed by atoms with Gasteiger partial charge in [0.05, 0.1) is 53.3 Å². The van der Waals surface area contributed by atoms with E-state index in [2.05, 4.69) is 0 Å². The van der Waals surface area contributed by atoms with Gasteiger partial charge in [0.2, 0.25) is 0 Å². The van der Waals surface area contributed by atoms with Gasteiger partial charge < -0.3 is 39.4 Å². The molecule has 2 unspecified atom stereocenters. The summed E-state index contributed by atoms with van der Waals surface area (Å²) >= 11 is 0. The van der Waals surface area contributed by atoms with Crippen molar-refractivity contribution in [2.45, 2.75) is 89.2 Å². The van der Waals surface area contributed by atoms with Crippen molar-refractivity contribution < 1.29 is 58.6 Å². The zero-order chi connectivity index (χ0) is 31.7. The van der Waals surface area contributed by atoms with Crippen LogP contribution in [0.15, 0.2) is 41.5 Å². The number of hydrogen-bond acceptors (Lipinski definition) is 12. The van der Waals surface area contributed by atoms with E-state index in [1.54, 1.807) is 18.2 Å². The van der Waals surface area contributed by atoms with Crippen LogP contribution in [0.1, 0.15) is 57.8 Å². The summed E-state index contributed by atoms with van der Waals surface area (Å²) in [5.74, 6) is -4.95. The summed E-state index contributed by atoms with van der Waals surface area (Å²) in [7, 11) is 0. The molecule has 12 heteroatoms. The molecule has 12 nitrogen and oxygen atoms in total. The van der Waals surface area contributed by atoms with Crippen LogP contribution in [0.2, 0.25) is 0 Å². The Morgan fingerprint density at radius 2 is 1.72 bits per heavy atom. The largest absolute Gasteiger partial charge is 0.457 e. The fraction of sp³-hybridized carbons (Fsp3) is 0.613. The summed E-state index contributed by atoms with van der Waals surface area (Å²) < 4.78 is 23.6. The third-order valence-corrected chi connectivity index (χ3v) is 10.1. The first kappa shape index (κ1) is 31.3. The minimum Gasteiger partial charge on any atom is -0.457 e. The van der Waals surface area contributed by atoms with Crippen molar-refractivity contribution in [1.82, 2.24) is 0 Å². The zero-order valence-electron chi connectivity index (χ0n) is 24.7. The molecule has 0 bridgehead atoms. The number of aliphatic hydroxyl groups is 4. The second-order valence-electron chi connectivity index (χ2n) is 12.7. The van der Waals surface area contributed by atoms with Gasteiger partial charge >= 0.3 is 17.9 Å². The molecule has 9 atom stereocenters. The second kappa shape index (κ2) is 10.5. The van der Waals surface area contributed by atoms with Crippen molar-refractivity contribution >= 4 is 23.7 Å². The lowest BCUT2D eigenvalue weighted by molar-refractivity contribution is -0.341. The normalized spacial score (nSPS) is 38.6. The highest BCUT2D eigenvalue weighted by Gasteiger charge is 2.80. The van der Waals surface area contributed by atoms with Gasteiger partial charge in [-0.25, -0.2) is 4.79 Å². The first-order valence-corrected chi connectivity index (χ1v) is 14.3. The monoisotopic (exact) mass is 602 g/mol. The molecular formula is C31H38O12. The number of Topliss-reactive ketones (excluding diaryl/α,β-unsaturated/α-hetero) is 1. The molecule has 0 aromatic heterocycles. The average molecular weight is 603 g/mol. The molecule has 2 saturated carbocycles. The Kier molecular flexibility index (Phi) is 7.62. The van der Waals surface area contributed by atoms with Gasteiger partial charge in [-0.1, -0.05) is 18.2 Å². The highest BCUT2D eigenvalue weighted by molar-refractivity contribution is 5.96. The lowest BCUT2D eigenvalue weighted by Gasteiger charge is -2.64. The third kappa shape index (κ3) is 4.29. The maximum atomic E-state index is 14.8. The molecule has 0 amide bonds. The van der Waals surface area contributed by atoms with Gasteiger partial charge in [0.15, 0.2) is 17.5 Å². The number of carbonyl (C=O) groups is 4. The summed E-state index contributed by atoms with van der Waals surface area (Å²) in [5, 5.41) is 46.2. The summed E-state index contributed by atoms with van der Waals surface area (Å²) in [4.78, 5) is 53.8. The molecule has 4 aliphatic rings. The molecule has 1 aromatic rings. The number of ketones is 1. The van der Waals surface area contributed by atoms with Crippen LogP contribution in [0, 0.1) is 16.7 Å². The van der Waals surface area contributed by atoms with Gasteiger partial charge in [-0.05, 0) is 50.5 Å². The second-order valence-corrected chi connectivity index (χ2v) is 12.7. The standard InChI is InChI=1S/C31H38O12/c1-15-19(35)12-30(28(4,5)39)22(15)23(41-16(2)33)25(37)29(13-32)20(36)11-21-31(14-40-21,43-17(3)34)24(29)26(30)42-27(38)18-9-7-6-8-10-18/h6-10,19-21,23-24,26,32,35-36,39H,11-14H2,1-5H3/t19-,20-,21+,23+,24?,26?,29+,30-,31-/m0/s1. The van der Waals surface area contributed by atoms with Gasteiger partial charge in [0.25, 0.3) is 0 Å². The Balaban J connectivity index is 1.90. The number of hydrogen-bond donors (Lipinski definition) is 4. The number of ether oxygens (including phenoxy) is 4. The van der Waals surface area contributed by atoms with Crippen LogP contribution in [-0.2, 0) is 33.3 Å². The number of esters is 3. The van der Waals surface area contributed by atoms with E-state index in [9.17, 15) is 39.6 Å². The lowest BCUT2D eigenvalue weighted by atomic mass is 9.49. The summed E-state index contributed by atoms with van der Waals surface area (Å²) in [6.07, 6.45) is -7.81. The fourth-order valence-corrected chi connectivity index (χ4v) is 8.13. The fourth-order valence-electron chi connectivity index (χ4n) is 8.13. The zero-order valence-corrected chi connectivity index (χ0v) is 24.7. The number of benzene rings is 1. The van der Waals surface area contributed by atoms with E-state index in [1.807, 2.05) is 0 Å². The van der Waals surface area contributed by atoms with E-state index in [4.69, 9.17) is 18.9 Å². The Morgan fingerprint density at radius 3 is 2.23 bits per heavy atom. The van der Waals surface area contributed by atoms with E-state index in [0.29, 0.717) is 0 Å². The van der Waals surface area contributed by atoms with E-state index >= 15 is 0 Å². The minimum absolute atomic E-state index is 0.00255. The Hall–Kier alpha value is -3.16. The maximum Gasteiger partial charge on any atom is 0.338 e. The topological polar surface area (TPSA) is 186 Å². The van der Waals surface area contributed by atoms with Crippen LogP contribution in [0.3, 0.4) is 0 Å². The van der Waals surface area contributed by atoms with Gasteiger partial charge in [-0.15, -0.1) is 0 Å². The molecule has 5 rings (SSSR count). The van der Waals surface area contributed by atoms with Gasteiger partial charge in [0.1, 0.15) is 12.2 Å². The Labute approximate surface area is 248 Å². The molecular weight excluding hydrogens is 564 g/mol. The predicted molar refractivity (Wildman–Crippen MR) is 146 cm³/mol. The van der Waals surface area contributed by atoms with Crippen molar-refractivity contribution in [1.29, 1.82) is 0 Å². The quantitative estimate of drug-likeness (QED) is 0.202. The van der Waals surface area contributed by atoms with Crippen molar-refractivity contribution in [2.24, 2.45) is 16.7 Å². The molecule has 1 aliphatic heterocycles. The van der Waals surface area contributed by atoms with Crippen molar-refractivity contribution in [3.63, 3.8) is 0 Å². The molecule has 4 N–H and O–H groups in total. The van der Waals surface area contributed by atoms with Gasteiger partial charge in [-0.3, -0.25) is 14.4 Å². The van der Waals surface area contributed by atoms with Crippen molar-refractivity contribution in [3.05, 3.63) is 47.0 Å². The van der Waals surface area contributed by atoms with E-state index in [0.717, 1.165) is 13.8 Å². The average Bonchev–Trinajstić information content (AvgIpc) is 3.16. The van der Waals surface area contributed by atoms with Crippen molar-refractivity contribution in [2.75, 3.05) is 13.2 Å². The highest BCUT2D eigenvalue weighted by atomic mass is 16.6. The smallest absolute Gasteiger partial charge is 0.338 e. The lowest BCUT2D eigenvalue weighted by Crippen LogP contribution is -2.79. The van der Waals surface area contributed by atoms with Crippen LogP contribution in [-0.4, -0.2) is 99.1 Å². The highest BCUT2D eigenvalue weighted by Crippen LogP contribution is 2.67. The molecule has 0 spiro atoms. The molecule has 1 aromatic carbocycles. The van der Waals surface area contributed by atoms with E-state index in [1.165, 1.54) is 32.9 Å². The van der Waals surface area contributed by atoms with Gasteiger partial charge in [0, 0.05) is 20.3 Å². The molecule has 1 heterocycles. The van der Waals surface area contributed by atoms with Crippen LogP contribution >= 0.6 is 0 Å². The van der Waals surface area contributed by atoms with E-state index < -0.39 is 88.8 Å². The Bertz CT molecular complexity index is 1360. The summed E-state index contributed by atoms with van der Waals surface area (Å²) in [6, 6.07) is 7.92. The molecule has 43 heavy (non-hydrogen) atoms. The summed E-state index contributed by atoms with van der Waals surface area (Å²) in [5.41, 5.74) is -7.35. The molecule has 3 fully saturated rings. The van der Waals surface area contributed by atoms with Gasteiger partial charge in [-0.2, -0.15) is 0 Å².